The maximum atomic E-state index is 14.4. The summed E-state index contributed by atoms with van der Waals surface area (Å²) in [4.78, 5) is 16.0. The highest BCUT2D eigenvalue weighted by atomic mass is 32.2. The molecule has 162 valence electrons. The Bertz CT molecular complexity index is 1210. The largest absolute Gasteiger partial charge is 0.489 e. The summed E-state index contributed by atoms with van der Waals surface area (Å²) in [6.45, 7) is -0.160. The highest BCUT2D eigenvalue weighted by molar-refractivity contribution is 7.89. The Morgan fingerprint density at radius 2 is 2.03 bits per heavy atom. The quantitative estimate of drug-likeness (QED) is 0.517. The number of halogens is 1. The number of nitrogens with one attached hydrogen (secondary N) is 2. The van der Waals surface area contributed by atoms with Crippen LogP contribution in [0.5, 0.6) is 5.75 Å². The molecule has 1 amide bonds. The van der Waals surface area contributed by atoms with Gasteiger partial charge in [0.25, 0.3) is 15.9 Å². The molecular formula is C21H21FN4O4S. The van der Waals surface area contributed by atoms with Gasteiger partial charge in [-0.25, -0.2) is 22.5 Å². The van der Waals surface area contributed by atoms with Gasteiger partial charge in [-0.2, -0.15) is 0 Å². The van der Waals surface area contributed by atoms with Crippen LogP contribution in [0, 0.1) is 5.82 Å². The summed E-state index contributed by atoms with van der Waals surface area (Å²) in [5.41, 5.74) is 1.97. The summed E-state index contributed by atoms with van der Waals surface area (Å²) >= 11 is 0. The van der Waals surface area contributed by atoms with Crippen LogP contribution in [0.2, 0.25) is 0 Å². The zero-order chi connectivity index (χ0) is 22.0. The van der Waals surface area contributed by atoms with Gasteiger partial charge in [0, 0.05) is 25.4 Å². The molecule has 0 saturated heterocycles. The van der Waals surface area contributed by atoms with Gasteiger partial charge in [-0.1, -0.05) is 30.3 Å². The molecule has 2 aromatic carbocycles. The smallest absolute Gasteiger partial charge is 0.259 e. The number of imidazole rings is 1. The number of ether oxygens (including phenoxy) is 1. The van der Waals surface area contributed by atoms with E-state index in [1.807, 2.05) is 30.3 Å². The number of benzene rings is 2. The van der Waals surface area contributed by atoms with Crippen molar-refractivity contribution in [1.29, 1.82) is 0 Å². The lowest BCUT2D eigenvalue weighted by molar-refractivity contribution is 0.0956. The minimum Gasteiger partial charge on any atom is -0.489 e. The lowest BCUT2D eigenvalue weighted by atomic mass is 9.98. The number of carbonyl (C=O) groups is 1. The Hall–Kier alpha value is -3.24. The Morgan fingerprint density at radius 1 is 1.26 bits per heavy atom. The van der Waals surface area contributed by atoms with Crippen molar-refractivity contribution in [2.24, 2.45) is 7.05 Å². The Kier molecular flexibility index (Phi) is 5.75. The third-order valence-electron chi connectivity index (χ3n) is 4.92. The van der Waals surface area contributed by atoms with Crippen molar-refractivity contribution >= 4 is 15.9 Å². The van der Waals surface area contributed by atoms with Crippen LogP contribution in [-0.4, -0.2) is 37.0 Å². The summed E-state index contributed by atoms with van der Waals surface area (Å²) in [5.74, 6) is -1.04. The van der Waals surface area contributed by atoms with Crippen LogP contribution in [0.1, 0.15) is 27.5 Å². The number of nitrogens with zero attached hydrogens (tertiary/aromatic N) is 2. The van der Waals surface area contributed by atoms with E-state index in [1.165, 1.54) is 23.2 Å². The Labute approximate surface area is 179 Å². The highest BCUT2D eigenvalue weighted by Gasteiger charge is 2.30. The van der Waals surface area contributed by atoms with Crippen LogP contribution in [0.4, 0.5) is 4.39 Å². The van der Waals surface area contributed by atoms with E-state index in [0.29, 0.717) is 12.0 Å². The summed E-state index contributed by atoms with van der Waals surface area (Å²) in [6, 6.07) is 12.0. The molecule has 1 aliphatic heterocycles. The minimum absolute atomic E-state index is 0.0367. The maximum Gasteiger partial charge on any atom is 0.259 e. The average Bonchev–Trinajstić information content (AvgIpc) is 3.30. The van der Waals surface area contributed by atoms with E-state index in [4.69, 9.17) is 4.74 Å². The first-order valence-corrected chi connectivity index (χ1v) is 11.1. The molecule has 10 heteroatoms. The summed E-state index contributed by atoms with van der Waals surface area (Å²) < 4.78 is 48.1. The normalized spacial score (nSPS) is 15.5. The van der Waals surface area contributed by atoms with Gasteiger partial charge in [-0.3, -0.25) is 4.79 Å². The number of aryl methyl sites for hydroxylation is 1. The summed E-state index contributed by atoms with van der Waals surface area (Å²) in [5, 5.41) is 2.76. The van der Waals surface area contributed by atoms with E-state index in [0.717, 1.165) is 11.6 Å². The second-order valence-electron chi connectivity index (χ2n) is 7.21. The van der Waals surface area contributed by atoms with E-state index < -0.39 is 15.8 Å². The molecule has 0 saturated carbocycles. The molecule has 31 heavy (non-hydrogen) atoms. The molecule has 0 spiro atoms. The molecule has 0 radical (unpaired) electrons. The number of carbonyl (C=O) groups excluding carboxylic acids is 1. The fraction of sp³-hybridized carbons (Fsp3) is 0.238. The first-order chi connectivity index (χ1) is 14.8. The average molecular weight is 444 g/mol. The van der Waals surface area contributed by atoms with E-state index in [9.17, 15) is 17.6 Å². The van der Waals surface area contributed by atoms with Gasteiger partial charge in [0.15, 0.2) is 16.6 Å². The van der Waals surface area contributed by atoms with Crippen molar-refractivity contribution in [3.63, 3.8) is 0 Å². The van der Waals surface area contributed by atoms with E-state index >= 15 is 0 Å². The molecule has 1 atom stereocenters. The molecule has 3 aromatic rings. The van der Waals surface area contributed by atoms with Gasteiger partial charge in [0.2, 0.25) is 0 Å². The molecule has 1 unspecified atom stereocenters. The first-order valence-electron chi connectivity index (χ1n) is 9.62. The van der Waals surface area contributed by atoms with Crippen molar-refractivity contribution in [3.05, 3.63) is 77.5 Å². The van der Waals surface area contributed by atoms with Gasteiger partial charge in [-0.05, 0) is 29.7 Å². The Balaban J connectivity index is 1.42. The summed E-state index contributed by atoms with van der Waals surface area (Å²) in [7, 11) is -2.11. The summed E-state index contributed by atoms with van der Waals surface area (Å²) in [6.07, 6.45) is 3.32. The third-order valence-corrected chi connectivity index (χ3v) is 6.27. The molecule has 0 aliphatic carbocycles. The second-order valence-corrected chi connectivity index (χ2v) is 8.92. The standard InChI is InChI=1S/C21H21FN4O4S/c1-26-12-20(23-13-26)31(28,29)24-7-8-30-19-11-15-16(10-17(19)22)21(27)25-18(15)9-14-5-3-2-4-6-14/h2-6,10-13,18,24H,7-9H2,1H3,(H,25,27). The Morgan fingerprint density at radius 3 is 2.74 bits per heavy atom. The molecule has 0 bridgehead atoms. The van der Waals surface area contributed by atoms with Crippen molar-refractivity contribution in [2.75, 3.05) is 13.2 Å². The molecule has 4 rings (SSSR count). The predicted molar refractivity (Wildman–Crippen MR) is 111 cm³/mol. The number of hydrogen-bond donors (Lipinski definition) is 2. The van der Waals surface area contributed by atoms with Crippen molar-refractivity contribution in [3.8, 4) is 5.75 Å². The first kappa shape index (κ1) is 21.0. The van der Waals surface area contributed by atoms with Crippen molar-refractivity contribution in [2.45, 2.75) is 17.5 Å². The molecular weight excluding hydrogens is 423 g/mol. The second kappa shape index (κ2) is 8.48. The molecule has 1 aromatic heterocycles. The number of sulfonamides is 1. The van der Waals surface area contributed by atoms with Crippen LogP contribution >= 0.6 is 0 Å². The molecule has 2 N–H and O–H groups in total. The number of hydrogen-bond acceptors (Lipinski definition) is 5. The third kappa shape index (κ3) is 4.59. The lowest BCUT2D eigenvalue weighted by Gasteiger charge is -2.14. The van der Waals surface area contributed by atoms with Gasteiger partial charge in [0.1, 0.15) is 6.61 Å². The fourth-order valence-corrected chi connectivity index (χ4v) is 4.42. The van der Waals surface area contributed by atoms with E-state index in [-0.39, 0.29) is 41.4 Å². The number of rotatable bonds is 8. The zero-order valence-corrected chi connectivity index (χ0v) is 17.5. The molecule has 2 heterocycles. The minimum atomic E-state index is -3.77. The van der Waals surface area contributed by atoms with Crippen LogP contribution in [0.3, 0.4) is 0 Å². The van der Waals surface area contributed by atoms with Crippen LogP contribution in [0.25, 0.3) is 0 Å². The molecule has 1 aliphatic rings. The zero-order valence-electron chi connectivity index (χ0n) is 16.7. The van der Waals surface area contributed by atoms with Gasteiger partial charge >= 0.3 is 0 Å². The van der Waals surface area contributed by atoms with E-state index in [2.05, 4.69) is 15.0 Å². The predicted octanol–water partition coefficient (Wildman–Crippen LogP) is 1.94. The van der Waals surface area contributed by atoms with Gasteiger partial charge in [-0.15, -0.1) is 0 Å². The van der Waals surface area contributed by atoms with Crippen molar-refractivity contribution < 1.29 is 22.3 Å². The van der Waals surface area contributed by atoms with Crippen LogP contribution < -0.4 is 14.8 Å². The monoisotopic (exact) mass is 444 g/mol. The van der Waals surface area contributed by atoms with Gasteiger partial charge < -0.3 is 14.6 Å². The van der Waals surface area contributed by atoms with Gasteiger partial charge in [0.05, 0.1) is 12.4 Å². The highest BCUT2D eigenvalue weighted by Crippen LogP contribution is 2.33. The van der Waals surface area contributed by atoms with E-state index in [1.54, 1.807) is 7.05 Å². The van der Waals surface area contributed by atoms with Crippen molar-refractivity contribution in [1.82, 2.24) is 19.6 Å². The number of aromatic nitrogens is 2. The lowest BCUT2D eigenvalue weighted by Crippen LogP contribution is -2.28. The van der Waals surface area contributed by atoms with Crippen LogP contribution in [-0.2, 0) is 23.5 Å². The number of fused-ring (bicyclic) bond motifs is 1. The maximum absolute atomic E-state index is 14.4. The number of amides is 1. The van der Waals surface area contributed by atoms with Crippen LogP contribution in [0.15, 0.2) is 60.0 Å². The fourth-order valence-electron chi connectivity index (χ4n) is 3.43. The molecule has 8 nitrogen and oxygen atoms in total. The SMILES string of the molecule is Cn1cnc(S(=O)(=O)NCCOc2cc3c(cc2F)C(=O)NC3Cc2ccccc2)c1. The molecule has 0 fully saturated rings. The topological polar surface area (TPSA) is 102 Å².